The van der Waals surface area contributed by atoms with Gasteiger partial charge in [0.25, 0.3) is 0 Å². The Bertz CT molecular complexity index is 542. The molecule has 0 saturated heterocycles. The Balaban J connectivity index is 2.42. The molecule has 6 heteroatoms. The van der Waals surface area contributed by atoms with E-state index >= 15 is 0 Å². The van der Waals surface area contributed by atoms with Gasteiger partial charge in [0.1, 0.15) is 6.10 Å². The summed E-state index contributed by atoms with van der Waals surface area (Å²) >= 11 is 12.1. The summed E-state index contributed by atoms with van der Waals surface area (Å²) in [5.41, 5.74) is 0.915. The van der Waals surface area contributed by atoms with Gasteiger partial charge in [-0.05, 0) is 18.6 Å². The maximum Gasteiger partial charge on any atom is 0.140 e. The summed E-state index contributed by atoms with van der Waals surface area (Å²) in [4.78, 5) is 4.09. The molecule has 0 bridgehead atoms. The molecule has 0 aromatic carbocycles. The predicted molar refractivity (Wildman–Crippen MR) is 70.8 cm³/mol. The Morgan fingerprint density at radius 1 is 1.39 bits per heavy atom. The smallest absolute Gasteiger partial charge is 0.140 e. The molecule has 18 heavy (non-hydrogen) atoms. The van der Waals surface area contributed by atoms with Gasteiger partial charge >= 0.3 is 0 Å². The van der Waals surface area contributed by atoms with Crippen LogP contribution in [0.2, 0.25) is 10.0 Å². The summed E-state index contributed by atoms with van der Waals surface area (Å²) in [7, 11) is 0. The molecule has 1 atom stereocenters. The number of rotatable bonds is 4. The van der Waals surface area contributed by atoms with Crippen molar-refractivity contribution in [1.82, 2.24) is 14.8 Å². The van der Waals surface area contributed by atoms with Crippen molar-refractivity contribution in [3.05, 3.63) is 46.0 Å². The number of pyridine rings is 1. The maximum absolute atomic E-state index is 10.4. The standard InChI is InChI=1S/C12H13Cl2N3O/c1-2-6-17-11(9(14)7-16-17)12(18)10-8(13)4-3-5-15-10/h3-5,7,12,18H,2,6H2,1H3. The van der Waals surface area contributed by atoms with Crippen LogP contribution in [0.25, 0.3) is 0 Å². The second kappa shape index (κ2) is 5.69. The zero-order valence-corrected chi connectivity index (χ0v) is 11.4. The Morgan fingerprint density at radius 2 is 2.17 bits per heavy atom. The van der Waals surface area contributed by atoms with E-state index in [1.54, 1.807) is 23.0 Å². The van der Waals surface area contributed by atoms with Crippen LogP contribution in [0, 0.1) is 0 Å². The zero-order valence-electron chi connectivity index (χ0n) is 9.85. The maximum atomic E-state index is 10.4. The van der Waals surface area contributed by atoms with Crippen molar-refractivity contribution in [1.29, 1.82) is 0 Å². The van der Waals surface area contributed by atoms with E-state index in [1.165, 1.54) is 6.20 Å². The first-order chi connectivity index (χ1) is 8.65. The average Bonchev–Trinajstić information content (AvgIpc) is 2.71. The molecule has 0 aliphatic heterocycles. The highest BCUT2D eigenvalue weighted by Crippen LogP contribution is 2.30. The van der Waals surface area contributed by atoms with Crippen molar-refractivity contribution in [3.8, 4) is 0 Å². The summed E-state index contributed by atoms with van der Waals surface area (Å²) in [6.45, 7) is 2.71. The number of aryl methyl sites for hydroxylation is 1. The number of nitrogens with zero attached hydrogens (tertiary/aromatic N) is 3. The molecule has 2 heterocycles. The minimum absolute atomic E-state index is 0.388. The molecule has 0 aliphatic carbocycles. The Morgan fingerprint density at radius 3 is 2.83 bits per heavy atom. The number of aliphatic hydroxyl groups excluding tert-OH is 1. The molecule has 0 amide bonds. The minimum atomic E-state index is -0.972. The van der Waals surface area contributed by atoms with Crippen LogP contribution >= 0.6 is 23.2 Å². The largest absolute Gasteiger partial charge is 0.380 e. The van der Waals surface area contributed by atoms with Gasteiger partial charge in [-0.3, -0.25) is 9.67 Å². The fourth-order valence-corrected chi connectivity index (χ4v) is 2.23. The van der Waals surface area contributed by atoms with Gasteiger partial charge in [-0.25, -0.2) is 0 Å². The number of aromatic nitrogens is 3. The van der Waals surface area contributed by atoms with Gasteiger partial charge in [0, 0.05) is 12.7 Å². The van der Waals surface area contributed by atoms with Crippen LogP contribution in [0.5, 0.6) is 0 Å². The van der Waals surface area contributed by atoms with Crippen LogP contribution in [0.15, 0.2) is 24.5 Å². The Hall–Kier alpha value is -1.10. The molecule has 0 radical (unpaired) electrons. The van der Waals surface area contributed by atoms with Crippen LogP contribution in [-0.2, 0) is 6.54 Å². The Labute approximate surface area is 115 Å². The molecule has 1 N–H and O–H groups in total. The fourth-order valence-electron chi connectivity index (χ4n) is 1.76. The van der Waals surface area contributed by atoms with E-state index in [9.17, 15) is 5.11 Å². The second-order valence-corrected chi connectivity index (χ2v) is 4.69. The van der Waals surface area contributed by atoms with E-state index in [0.717, 1.165) is 6.42 Å². The normalized spacial score (nSPS) is 12.7. The highest BCUT2D eigenvalue weighted by molar-refractivity contribution is 6.32. The molecule has 2 rings (SSSR count). The fraction of sp³-hybridized carbons (Fsp3) is 0.333. The first-order valence-electron chi connectivity index (χ1n) is 5.64. The van der Waals surface area contributed by atoms with Crippen molar-refractivity contribution in [2.45, 2.75) is 26.0 Å². The molecule has 0 saturated carbocycles. The van der Waals surface area contributed by atoms with E-state index < -0.39 is 6.10 Å². The molecule has 0 fully saturated rings. The van der Waals surface area contributed by atoms with Gasteiger partial charge in [-0.2, -0.15) is 5.10 Å². The lowest BCUT2D eigenvalue weighted by Gasteiger charge is -2.14. The van der Waals surface area contributed by atoms with Crippen LogP contribution in [0.3, 0.4) is 0 Å². The molecule has 0 aliphatic rings. The summed E-state index contributed by atoms with van der Waals surface area (Å²) in [6, 6.07) is 3.39. The predicted octanol–water partition coefficient (Wildman–Crippen LogP) is 3.08. The van der Waals surface area contributed by atoms with Crippen LogP contribution < -0.4 is 0 Å². The summed E-state index contributed by atoms with van der Waals surface area (Å²) in [6.07, 6.45) is 3.03. The number of hydrogen-bond acceptors (Lipinski definition) is 3. The van der Waals surface area contributed by atoms with Crippen LogP contribution in [-0.4, -0.2) is 19.9 Å². The molecule has 4 nitrogen and oxygen atoms in total. The summed E-state index contributed by atoms with van der Waals surface area (Å²) in [5.74, 6) is 0. The van der Waals surface area contributed by atoms with Crippen molar-refractivity contribution in [3.63, 3.8) is 0 Å². The van der Waals surface area contributed by atoms with Crippen LogP contribution in [0.1, 0.15) is 30.8 Å². The van der Waals surface area contributed by atoms with E-state index in [2.05, 4.69) is 10.1 Å². The third-order valence-corrected chi connectivity index (χ3v) is 3.18. The molecule has 2 aromatic rings. The highest BCUT2D eigenvalue weighted by atomic mass is 35.5. The molecule has 96 valence electrons. The quantitative estimate of drug-likeness (QED) is 0.939. The van der Waals surface area contributed by atoms with Crippen molar-refractivity contribution in [2.24, 2.45) is 0 Å². The van der Waals surface area contributed by atoms with E-state index in [1.807, 2.05) is 6.92 Å². The third kappa shape index (κ3) is 2.51. The van der Waals surface area contributed by atoms with E-state index in [-0.39, 0.29) is 0 Å². The van der Waals surface area contributed by atoms with Gasteiger partial charge in [0.15, 0.2) is 0 Å². The van der Waals surface area contributed by atoms with Gasteiger partial charge in [0.2, 0.25) is 0 Å². The van der Waals surface area contributed by atoms with Gasteiger partial charge in [-0.15, -0.1) is 0 Å². The van der Waals surface area contributed by atoms with Crippen LogP contribution in [0.4, 0.5) is 0 Å². The van der Waals surface area contributed by atoms with Crippen molar-refractivity contribution in [2.75, 3.05) is 0 Å². The summed E-state index contributed by atoms with van der Waals surface area (Å²) in [5, 5.41) is 15.3. The average molecular weight is 286 g/mol. The van der Waals surface area contributed by atoms with Crippen molar-refractivity contribution < 1.29 is 5.11 Å². The lowest BCUT2D eigenvalue weighted by atomic mass is 10.1. The Kier molecular flexibility index (Phi) is 4.22. The number of halogens is 2. The van der Waals surface area contributed by atoms with Gasteiger partial charge in [-0.1, -0.05) is 30.1 Å². The van der Waals surface area contributed by atoms with Gasteiger partial charge in [0.05, 0.1) is 27.6 Å². The third-order valence-electron chi connectivity index (χ3n) is 2.57. The molecule has 1 unspecified atom stereocenters. The molecular weight excluding hydrogens is 273 g/mol. The second-order valence-electron chi connectivity index (χ2n) is 3.87. The van der Waals surface area contributed by atoms with Gasteiger partial charge < -0.3 is 5.11 Å². The zero-order chi connectivity index (χ0) is 13.1. The topological polar surface area (TPSA) is 50.9 Å². The monoisotopic (exact) mass is 285 g/mol. The first kappa shape index (κ1) is 13.3. The van der Waals surface area contributed by atoms with Crippen molar-refractivity contribution >= 4 is 23.2 Å². The summed E-state index contributed by atoms with van der Waals surface area (Å²) < 4.78 is 1.68. The molecule has 0 spiro atoms. The molecule has 2 aromatic heterocycles. The van der Waals surface area contributed by atoms with E-state index in [4.69, 9.17) is 23.2 Å². The highest BCUT2D eigenvalue weighted by Gasteiger charge is 2.22. The lowest BCUT2D eigenvalue weighted by molar-refractivity contribution is 0.203. The number of hydrogen-bond donors (Lipinski definition) is 1. The molecular formula is C12H13Cl2N3O. The first-order valence-corrected chi connectivity index (χ1v) is 6.40. The minimum Gasteiger partial charge on any atom is -0.380 e. The lowest BCUT2D eigenvalue weighted by Crippen LogP contribution is -2.12. The number of aliphatic hydroxyl groups is 1. The van der Waals surface area contributed by atoms with E-state index in [0.29, 0.717) is 28.0 Å². The SMILES string of the molecule is CCCn1ncc(Cl)c1C(O)c1ncccc1Cl.